The monoisotopic (exact) mass is 148 g/mol. The average Bonchev–Trinajstić information content (AvgIpc) is 1.35. The van der Waals surface area contributed by atoms with Gasteiger partial charge in [-0.3, -0.25) is 0 Å². The number of alkyl halides is 1. The molecule has 1 atom stereocenters. The lowest BCUT2D eigenvalue weighted by Gasteiger charge is -1.79. The van der Waals surface area contributed by atoms with Gasteiger partial charge in [-0.05, 0) is 6.92 Å². The van der Waals surface area contributed by atoms with Crippen LogP contribution in [0.25, 0.3) is 0 Å². The van der Waals surface area contributed by atoms with Crippen LogP contribution in [-0.2, 0) is 4.79 Å². The third-order valence-electron chi connectivity index (χ3n) is 0.193. The van der Waals surface area contributed by atoms with Crippen LogP contribution in [0.4, 0.5) is 0 Å². The zero-order chi connectivity index (χ0) is 4.99. The molecule has 0 rings (SSSR count). The molecule has 0 heterocycles. The van der Waals surface area contributed by atoms with Crippen molar-refractivity contribution in [1.29, 1.82) is 0 Å². The first-order valence-electron chi connectivity index (χ1n) is 1.31. The largest absolute Gasteiger partial charge is 0.236 e. The number of isocyanates is 1. The summed E-state index contributed by atoms with van der Waals surface area (Å²) in [6.45, 7) is 3.32. The number of hydrogen-bond donors (Lipinski definition) is 0. The molecule has 0 aliphatic carbocycles. The Morgan fingerprint density at radius 1 is 2.00 bits per heavy atom. The van der Waals surface area contributed by atoms with Gasteiger partial charge in [0.1, 0.15) is 4.95 Å². The Kier molecular flexibility index (Phi) is 2.99. The molecule has 0 N–H and O–H groups in total. The van der Waals surface area contributed by atoms with Crippen molar-refractivity contribution >= 4 is 22.0 Å². The number of halogens is 1. The minimum atomic E-state index is -0.338. The number of hydrogen-bond acceptors (Lipinski definition) is 2. The van der Waals surface area contributed by atoms with E-state index in [2.05, 4.69) is 27.8 Å². The number of nitrogens with zero attached hydrogens (tertiary/aromatic N) is 1. The molecule has 0 amide bonds. The van der Waals surface area contributed by atoms with E-state index in [1.807, 2.05) is 0 Å². The summed E-state index contributed by atoms with van der Waals surface area (Å²) in [5.74, 6) is 0. The highest BCUT2D eigenvalue weighted by Crippen LogP contribution is 1.93. The van der Waals surface area contributed by atoms with Gasteiger partial charge in [-0.25, -0.2) is 4.79 Å². The Labute approximate surface area is 44.4 Å². The Morgan fingerprint density at radius 2 is 2.50 bits per heavy atom. The van der Waals surface area contributed by atoms with E-state index in [-0.39, 0.29) is 4.95 Å². The molecule has 0 aliphatic rings. The molecule has 0 aliphatic heterocycles. The van der Waals surface area contributed by atoms with E-state index in [0.717, 1.165) is 0 Å². The van der Waals surface area contributed by atoms with Crippen molar-refractivity contribution in [3.63, 3.8) is 0 Å². The van der Waals surface area contributed by atoms with Gasteiger partial charge >= 0.3 is 0 Å². The van der Waals surface area contributed by atoms with Gasteiger partial charge in [0.2, 0.25) is 6.08 Å². The maximum absolute atomic E-state index is 9.25. The van der Waals surface area contributed by atoms with Crippen LogP contribution in [0, 0.1) is 6.92 Å². The lowest BCUT2D eigenvalue weighted by atomic mass is 10.8. The number of aliphatic imine (C=N–C) groups is 1. The molecular weight excluding hydrogens is 146 g/mol. The summed E-state index contributed by atoms with van der Waals surface area (Å²) >= 11 is 2.89. The van der Waals surface area contributed by atoms with Gasteiger partial charge in [-0.1, -0.05) is 15.9 Å². The van der Waals surface area contributed by atoms with Gasteiger partial charge in [0.05, 0.1) is 0 Å². The predicted octanol–water partition coefficient (Wildman–Crippen LogP) is 0.877. The number of rotatable bonds is 1. The summed E-state index contributed by atoms with van der Waals surface area (Å²) in [6.07, 6.45) is 1.33. The van der Waals surface area contributed by atoms with Gasteiger partial charge in [0.15, 0.2) is 0 Å². The SMILES string of the molecule is [CH2]C(Br)N=C=O. The van der Waals surface area contributed by atoms with Gasteiger partial charge < -0.3 is 0 Å². The second-order valence-corrected chi connectivity index (χ2v) is 1.71. The highest BCUT2D eigenvalue weighted by molar-refractivity contribution is 9.09. The van der Waals surface area contributed by atoms with E-state index in [0.29, 0.717) is 0 Å². The quantitative estimate of drug-likeness (QED) is 0.235. The fraction of sp³-hybridized carbons (Fsp3) is 0.333. The first-order valence-corrected chi connectivity index (χ1v) is 2.23. The maximum atomic E-state index is 9.25. The summed E-state index contributed by atoms with van der Waals surface area (Å²) in [5.41, 5.74) is 0. The van der Waals surface area contributed by atoms with E-state index in [1.165, 1.54) is 6.08 Å². The van der Waals surface area contributed by atoms with E-state index in [9.17, 15) is 4.79 Å². The summed E-state index contributed by atoms with van der Waals surface area (Å²) in [4.78, 5) is 12.0. The van der Waals surface area contributed by atoms with Gasteiger partial charge in [-0.2, -0.15) is 4.99 Å². The van der Waals surface area contributed by atoms with Crippen LogP contribution in [0.2, 0.25) is 0 Å². The van der Waals surface area contributed by atoms with Crippen LogP contribution in [0.5, 0.6) is 0 Å². The van der Waals surface area contributed by atoms with Crippen molar-refractivity contribution in [1.82, 2.24) is 0 Å². The normalized spacial score (nSPS) is 12.3. The molecule has 0 saturated heterocycles. The number of carbonyl (C=O) groups excluding carboxylic acids is 1. The van der Waals surface area contributed by atoms with E-state index < -0.39 is 0 Å². The fourth-order valence-electron chi connectivity index (χ4n) is 0.0572. The summed E-state index contributed by atoms with van der Waals surface area (Å²) < 4.78 is 0. The average molecular weight is 149 g/mol. The van der Waals surface area contributed by atoms with Crippen LogP contribution >= 0.6 is 15.9 Å². The highest BCUT2D eigenvalue weighted by Gasteiger charge is 1.81. The first kappa shape index (κ1) is 5.86. The minimum absolute atomic E-state index is 0.338. The van der Waals surface area contributed by atoms with Gasteiger partial charge in [-0.15, -0.1) is 0 Å². The van der Waals surface area contributed by atoms with Crippen molar-refractivity contribution < 1.29 is 4.79 Å². The molecule has 0 saturated carbocycles. The summed E-state index contributed by atoms with van der Waals surface area (Å²) in [6, 6.07) is 0. The molecule has 1 radical (unpaired) electrons. The van der Waals surface area contributed by atoms with E-state index in [1.54, 1.807) is 0 Å². The second kappa shape index (κ2) is 3.07. The van der Waals surface area contributed by atoms with Crippen LogP contribution in [-0.4, -0.2) is 11.0 Å². The lowest BCUT2D eigenvalue weighted by molar-refractivity contribution is 0.563. The standard InChI is InChI=1S/C3H3BrNO/c1-3(4)5-2-6/h3H,1H2. The molecule has 3 heteroatoms. The zero-order valence-electron chi connectivity index (χ0n) is 3.02. The van der Waals surface area contributed by atoms with Crippen molar-refractivity contribution in [2.75, 3.05) is 0 Å². The molecule has 1 unspecified atom stereocenters. The second-order valence-electron chi connectivity index (χ2n) is 0.655. The Hall–Kier alpha value is -0.140. The molecule has 6 heavy (non-hydrogen) atoms. The fourth-order valence-corrected chi connectivity index (χ4v) is 0.141. The topological polar surface area (TPSA) is 29.4 Å². The van der Waals surface area contributed by atoms with E-state index >= 15 is 0 Å². The molecule has 2 nitrogen and oxygen atoms in total. The van der Waals surface area contributed by atoms with Crippen molar-refractivity contribution in [3.8, 4) is 0 Å². The molecule has 0 fully saturated rings. The van der Waals surface area contributed by atoms with Crippen LogP contribution in [0.1, 0.15) is 0 Å². The third-order valence-corrected chi connectivity index (χ3v) is 0.398. The van der Waals surface area contributed by atoms with E-state index in [4.69, 9.17) is 0 Å². The summed E-state index contributed by atoms with van der Waals surface area (Å²) in [5, 5.41) is 0. The maximum Gasteiger partial charge on any atom is 0.236 e. The van der Waals surface area contributed by atoms with Crippen LogP contribution < -0.4 is 0 Å². The van der Waals surface area contributed by atoms with Crippen molar-refractivity contribution in [3.05, 3.63) is 6.92 Å². The zero-order valence-corrected chi connectivity index (χ0v) is 4.60. The van der Waals surface area contributed by atoms with Gasteiger partial charge in [0, 0.05) is 0 Å². The van der Waals surface area contributed by atoms with Crippen molar-refractivity contribution in [2.24, 2.45) is 4.99 Å². The minimum Gasteiger partial charge on any atom is -0.211 e. The molecule has 0 aromatic rings. The van der Waals surface area contributed by atoms with Crippen LogP contribution in [0.15, 0.2) is 4.99 Å². The highest BCUT2D eigenvalue weighted by atomic mass is 79.9. The lowest BCUT2D eigenvalue weighted by Crippen LogP contribution is -1.77. The summed E-state index contributed by atoms with van der Waals surface area (Å²) in [7, 11) is 0. The molecule has 33 valence electrons. The van der Waals surface area contributed by atoms with Gasteiger partial charge in [0.25, 0.3) is 0 Å². The molecule has 0 bridgehead atoms. The van der Waals surface area contributed by atoms with Crippen molar-refractivity contribution in [2.45, 2.75) is 4.95 Å². The molecule has 0 aromatic carbocycles. The molecule has 0 spiro atoms. The Balaban J connectivity index is 3.29. The molecular formula is C3H3BrNO. The molecule has 0 aromatic heterocycles. The van der Waals surface area contributed by atoms with Crippen LogP contribution in [0.3, 0.4) is 0 Å². The Morgan fingerprint density at radius 3 is 2.50 bits per heavy atom. The third kappa shape index (κ3) is 3.86. The smallest absolute Gasteiger partial charge is 0.211 e. The first-order chi connectivity index (χ1) is 2.77. The predicted molar refractivity (Wildman–Crippen MR) is 26.2 cm³/mol. The Bertz CT molecular complexity index is 74.9.